The molecule has 6 nitrogen and oxygen atoms in total. The number of para-hydroxylation sites is 1. The van der Waals surface area contributed by atoms with Gasteiger partial charge in [-0.05, 0) is 25.5 Å². The number of nitrogens with zero attached hydrogens (tertiary/aromatic N) is 2. The van der Waals surface area contributed by atoms with Crippen molar-refractivity contribution in [2.24, 2.45) is 0 Å². The lowest BCUT2D eigenvalue weighted by Crippen LogP contribution is -2.39. The predicted molar refractivity (Wildman–Crippen MR) is 124 cm³/mol. The van der Waals surface area contributed by atoms with E-state index in [1.807, 2.05) is 6.07 Å². The number of fused-ring (bicyclic) bond motifs is 1. The van der Waals surface area contributed by atoms with Crippen molar-refractivity contribution in [1.82, 2.24) is 4.90 Å². The van der Waals surface area contributed by atoms with Gasteiger partial charge >= 0.3 is 11.9 Å². The lowest BCUT2D eigenvalue weighted by Gasteiger charge is -2.29. The molecular formula is C25H34N2O4. The molecule has 0 radical (unpaired) electrons. The van der Waals surface area contributed by atoms with E-state index in [2.05, 4.69) is 61.6 Å². The average molecular weight is 427 g/mol. The first kappa shape index (κ1) is 24.4. The van der Waals surface area contributed by atoms with Crippen LogP contribution >= 0.6 is 0 Å². The molecule has 1 aliphatic rings. The first-order valence-electron chi connectivity index (χ1n) is 10.5. The molecular weight excluding hydrogens is 392 g/mol. The van der Waals surface area contributed by atoms with Crippen LogP contribution in [0.15, 0.2) is 60.8 Å². The van der Waals surface area contributed by atoms with Gasteiger partial charge in [-0.3, -0.25) is 4.90 Å². The molecule has 0 spiro atoms. The Morgan fingerprint density at radius 2 is 1.48 bits per heavy atom. The van der Waals surface area contributed by atoms with Crippen LogP contribution in [0.3, 0.4) is 0 Å². The van der Waals surface area contributed by atoms with Crippen molar-refractivity contribution >= 4 is 17.6 Å². The van der Waals surface area contributed by atoms with E-state index >= 15 is 0 Å². The lowest BCUT2D eigenvalue weighted by molar-refractivity contribution is -0.139. The smallest absolute Gasteiger partial charge is 0.333 e. The Balaban J connectivity index is 2.01. The van der Waals surface area contributed by atoms with Crippen LogP contribution in [0.2, 0.25) is 0 Å². The molecule has 1 aromatic rings. The van der Waals surface area contributed by atoms with Crippen molar-refractivity contribution in [3.63, 3.8) is 0 Å². The Morgan fingerprint density at radius 1 is 0.968 bits per heavy atom. The monoisotopic (exact) mass is 426 g/mol. The van der Waals surface area contributed by atoms with E-state index in [0.717, 1.165) is 12.2 Å². The number of esters is 2. The summed E-state index contributed by atoms with van der Waals surface area (Å²) in [7, 11) is 0. The number of carbonyl (C=O) groups is 2. The third-order valence-electron chi connectivity index (χ3n) is 5.53. The van der Waals surface area contributed by atoms with Gasteiger partial charge in [0, 0.05) is 54.1 Å². The van der Waals surface area contributed by atoms with E-state index in [0.29, 0.717) is 30.8 Å². The summed E-state index contributed by atoms with van der Waals surface area (Å²) in [5.74, 6) is -0.811. The van der Waals surface area contributed by atoms with Gasteiger partial charge in [0.05, 0.1) is 0 Å². The molecule has 1 aliphatic heterocycles. The second-order valence-corrected chi connectivity index (χ2v) is 8.41. The molecule has 31 heavy (non-hydrogen) atoms. The minimum absolute atomic E-state index is 0.130. The molecule has 168 valence electrons. The summed E-state index contributed by atoms with van der Waals surface area (Å²) in [6.45, 7) is 22.1. The minimum Gasteiger partial charge on any atom is -0.461 e. The van der Waals surface area contributed by atoms with Crippen molar-refractivity contribution in [3.05, 3.63) is 66.4 Å². The highest BCUT2D eigenvalue weighted by molar-refractivity contribution is 5.87. The largest absolute Gasteiger partial charge is 0.461 e. The zero-order chi connectivity index (χ0) is 23.2. The van der Waals surface area contributed by atoms with E-state index in [9.17, 15) is 9.59 Å². The number of hydrogen-bond acceptors (Lipinski definition) is 6. The van der Waals surface area contributed by atoms with Crippen LogP contribution in [0.5, 0.6) is 0 Å². The molecule has 0 aliphatic carbocycles. The number of ether oxygens (including phenoxy) is 2. The van der Waals surface area contributed by atoms with Crippen LogP contribution in [0.25, 0.3) is 0 Å². The van der Waals surface area contributed by atoms with Gasteiger partial charge in [0.2, 0.25) is 0 Å². The number of carbonyl (C=O) groups excluding carboxylic acids is 2. The lowest BCUT2D eigenvalue weighted by atomic mass is 9.84. The summed E-state index contributed by atoms with van der Waals surface area (Å²) < 4.78 is 10.5. The number of benzene rings is 1. The van der Waals surface area contributed by atoms with E-state index in [1.165, 1.54) is 11.3 Å². The summed E-state index contributed by atoms with van der Waals surface area (Å²) in [6, 6.07) is 8.34. The highest BCUT2D eigenvalue weighted by atomic mass is 16.5. The molecule has 0 bridgehead atoms. The maximum absolute atomic E-state index is 11.7. The first-order chi connectivity index (χ1) is 14.6. The van der Waals surface area contributed by atoms with Gasteiger partial charge < -0.3 is 14.4 Å². The van der Waals surface area contributed by atoms with Gasteiger partial charge in [0.1, 0.15) is 13.2 Å². The molecule has 1 heterocycles. The fraction of sp³-hybridized carbons (Fsp3) is 0.440. The third kappa shape index (κ3) is 6.07. The summed E-state index contributed by atoms with van der Waals surface area (Å²) in [4.78, 5) is 27.7. The Labute approximate surface area is 185 Å². The molecule has 0 saturated heterocycles. The summed E-state index contributed by atoms with van der Waals surface area (Å²) in [6.07, 6.45) is 0. The van der Waals surface area contributed by atoms with Gasteiger partial charge in [-0.2, -0.15) is 0 Å². The molecule has 6 heteroatoms. The Morgan fingerprint density at radius 3 is 2.00 bits per heavy atom. The van der Waals surface area contributed by atoms with Crippen molar-refractivity contribution in [2.45, 2.75) is 33.1 Å². The highest BCUT2D eigenvalue weighted by Crippen LogP contribution is 2.46. The fourth-order valence-corrected chi connectivity index (χ4v) is 3.49. The third-order valence-corrected chi connectivity index (χ3v) is 5.53. The maximum atomic E-state index is 11.7. The highest BCUT2D eigenvalue weighted by Gasteiger charge is 2.38. The van der Waals surface area contributed by atoms with Crippen LogP contribution < -0.4 is 4.90 Å². The van der Waals surface area contributed by atoms with E-state index in [-0.39, 0.29) is 18.6 Å². The Bertz CT molecular complexity index is 840. The van der Waals surface area contributed by atoms with E-state index in [4.69, 9.17) is 9.47 Å². The molecule has 1 aromatic carbocycles. The van der Waals surface area contributed by atoms with Gasteiger partial charge in [0.25, 0.3) is 0 Å². The number of rotatable bonds is 11. The van der Waals surface area contributed by atoms with Crippen LogP contribution in [0.1, 0.15) is 33.3 Å². The second-order valence-electron chi connectivity index (χ2n) is 8.41. The molecule has 0 aromatic heterocycles. The van der Waals surface area contributed by atoms with E-state index < -0.39 is 11.9 Å². The van der Waals surface area contributed by atoms with Crippen LogP contribution in [0, 0.1) is 0 Å². The summed E-state index contributed by atoms with van der Waals surface area (Å²) in [5.41, 5.74) is 4.09. The van der Waals surface area contributed by atoms with Crippen molar-refractivity contribution < 1.29 is 19.1 Å². The molecule has 0 amide bonds. The SMILES string of the molecule is C=C(C)C(=O)OCCN(CCOC(=O)C(=C)C)CCN1C(=C)C(C)(C)c2ccccc21. The average Bonchev–Trinajstić information content (AvgIpc) is 2.91. The minimum atomic E-state index is -0.405. The van der Waals surface area contributed by atoms with Crippen molar-refractivity contribution in [2.75, 3.05) is 44.3 Å². The van der Waals surface area contributed by atoms with Gasteiger partial charge in [-0.25, -0.2) is 9.59 Å². The summed E-state index contributed by atoms with van der Waals surface area (Å²) in [5, 5.41) is 0. The predicted octanol–water partition coefficient (Wildman–Crippen LogP) is 3.84. The molecule has 0 N–H and O–H groups in total. The maximum Gasteiger partial charge on any atom is 0.333 e. The van der Waals surface area contributed by atoms with Crippen LogP contribution in [-0.2, 0) is 24.5 Å². The van der Waals surface area contributed by atoms with Crippen LogP contribution in [0.4, 0.5) is 5.69 Å². The summed E-state index contributed by atoms with van der Waals surface area (Å²) >= 11 is 0. The zero-order valence-electron chi connectivity index (χ0n) is 19.2. The number of anilines is 1. The topological polar surface area (TPSA) is 59.1 Å². The Hall–Kier alpha value is -2.86. The standard InChI is InChI=1S/C25H34N2O4/c1-18(2)23(28)30-16-14-26(15-17-31-24(29)19(3)4)12-13-27-20(5)25(6,7)21-10-8-9-11-22(21)27/h8-11H,1,3,5,12-17H2,2,4,6-7H3. The van der Waals surface area contributed by atoms with Gasteiger partial charge in [-0.15, -0.1) is 0 Å². The normalized spacial score (nSPS) is 14.4. The van der Waals surface area contributed by atoms with Gasteiger partial charge in [-0.1, -0.05) is 51.8 Å². The number of allylic oxidation sites excluding steroid dienone is 1. The van der Waals surface area contributed by atoms with E-state index in [1.54, 1.807) is 13.8 Å². The molecule has 0 saturated carbocycles. The van der Waals surface area contributed by atoms with Crippen molar-refractivity contribution in [3.8, 4) is 0 Å². The number of hydrogen-bond donors (Lipinski definition) is 0. The molecule has 0 fully saturated rings. The van der Waals surface area contributed by atoms with Crippen LogP contribution in [-0.4, -0.2) is 56.2 Å². The zero-order valence-corrected chi connectivity index (χ0v) is 19.2. The van der Waals surface area contributed by atoms with Crippen molar-refractivity contribution in [1.29, 1.82) is 0 Å². The molecule has 2 rings (SSSR count). The molecule has 0 unspecified atom stereocenters. The molecule has 0 atom stereocenters. The first-order valence-corrected chi connectivity index (χ1v) is 10.5. The fourth-order valence-electron chi connectivity index (χ4n) is 3.49. The van der Waals surface area contributed by atoms with Gasteiger partial charge in [0.15, 0.2) is 0 Å². The Kier molecular flexibility index (Phi) is 8.22. The quantitative estimate of drug-likeness (QED) is 0.396. The second kappa shape index (κ2) is 10.4.